The van der Waals surface area contributed by atoms with Gasteiger partial charge in [-0.05, 0) is 43.9 Å². The maximum atomic E-state index is 12.9. The fourth-order valence-electron chi connectivity index (χ4n) is 3.62. The second-order valence-corrected chi connectivity index (χ2v) is 7.98. The number of likely N-dealkylation sites (tertiary alicyclic amines) is 1. The summed E-state index contributed by atoms with van der Waals surface area (Å²) in [5.74, 6) is -0.619. The zero-order valence-corrected chi connectivity index (χ0v) is 17.1. The van der Waals surface area contributed by atoms with Gasteiger partial charge in [0.15, 0.2) is 0 Å². The van der Waals surface area contributed by atoms with E-state index in [1.54, 1.807) is 0 Å². The number of hydrogen-bond acceptors (Lipinski definition) is 3. The van der Waals surface area contributed by atoms with Gasteiger partial charge in [-0.1, -0.05) is 43.6 Å². The van der Waals surface area contributed by atoms with E-state index in [1.165, 1.54) is 0 Å². The lowest BCUT2D eigenvalue weighted by Gasteiger charge is -2.29. The lowest BCUT2D eigenvalue weighted by Crippen LogP contribution is -2.44. The normalized spacial score (nSPS) is 19.0. The average Bonchev–Trinajstić information content (AvgIpc) is 2.85. The standard InChI is InChI=1S/C20H30ClN3O3/c1-14(2)19(16-8-4-5-9-17(16)21)22-20(27)24-11-6-7-15(10-12-24)23(3)13-18(25)26/h4-5,8-9,14-15,19H,6-7,10-13H2,1-3H3,(H,22,27)(H,25,26). The molecule has 2 N–H and O–H groups in total. The summed E-state index contributed by atoms with van der Waals surface area (Å²) in [7, 11) is 1.83. The van der Waals surface area contributed by atoms with Crippen LogP contribution in [0, 0.1) is 5.92 Å². The van der Waals surface area contributed by atoms with Crippen LogP contribution in [0.25, 0.3) is 0 Å². The number of hydrogen-bond donors (Lipinski definition) is 2. The molecule has 1 aromatic carbocycles. The number of nitrogens with zero attached hydrogens (tertiary/aromatic N) is 2. The van der Waals surface area contributed by atoms with E-state index in [4.69, 9.17) is 16.7 Å². The molecular weight excluding hydrogens is 366 g/mol. The minimum atomic E-state index is -0.823. The van der Waals surface area contributed by atoms with Crippen LogP contribution in [-0.4, -0.2) is 59.6 Å². The summed E-state index contributed by atoms with van der Waals surface area (Å²) in [4.78, 5) is 27.5. The van der Waals surface area contributed by atoms with Crippen molar-refractivity contribution in [2.24, 2.45) is 5.92 Å². The molecule has 7 heteroatoms. The highest BCUT2D eigenvalue weighted by Crippen LogP contribution is 2.28. The van der Waals surface area contributed by atoms with Crippen LogP contribution in [0.1, 0.15) is 44.7 Å². The molecule has 150 valence electrons. The molecule has 1 aromatic rings. The Bertz CT molecular complexity index is 653. The first kappa shape index (κ1) is 21.5. The van der Waals surface area contributed by atoms with E-state index in [-0.39, 0.29) is 30.6 Å². The van der Waals surface area contributed by atoms with Gasteiger partial charge in [0.1, 0.15) is 0 Å². The molecule has 1 fully saturated rings. The fraction of sp³-hybridized carbons (Fsp3) is 0.600. The van der Waals surface area contributed by atoms with Crippen molar-refractivity contribution in [1.29, 1.82) is 0 Å². The van der Waals surface area contributed by atoms with Crippen LogP contribution in [-0.2, 0) is 4.79 Å². The van der Waals surface area contributed by atoms with E-state index < -0.39 is 5.97 Å². The molecule has 0 aromatic heterocycles. The zero-order chi connectivity index (χ0) is 20.0. The Morgan fingerprint density at radius 3 is 2.63 bits per heavy atom. The number of halogens is 1. The maximum absolute atomic E-state index is 12.9. The Morgan fingerprint density at radius 2 is 2.00 bits per heavy atom. The summed E-state index contributed by atoms with van der Waals surface area (Å²) in [6.07, 6.45) is 2.53. The number of carbonyl (C=O) groups excluding carboxylic acids is 1. The average molecular weight is 396 g/mol. The largest absolute Gasteiger partial charge is 0.480 e. The third kappa shape index (κ3) is 6.11. The zero-order valence-electron chi connectivity index (χ0n) is 16.3. The lowest BCUT2D eigenvalue weighted by atomic mass is 9.96. The quantitative estimate of drug-likeness (QED) is 0.771. The van der Waals surface area contributed by atoms with E-state index in [9.17, 15) is 9.59 Å². The van der Waals surface area contributed by atoms with Crippen molar-refractivity contribution < 1.29 is 14.7 Å². The van der Waals surface area contributed by atoms with Crippen molar-refractivity contribution in [2.45, 2.75) is 45.2 Å². The van der Waals surface area contributed by atoms with Crippen molar-refractivity contribution in [3.8, 4) is 0 Å². The summed E-state index contributed by atoms with van der Waals surface area (Å²) in [6.45, 7) is 5.45. The van der Waals surface area contributed by atoms with Crippen molar-refractivity contribution in [2.75, 3.05) is 26.7 Å². The predicted octanol–water partition coefficient (Wildman–Crippen LogP) is 3.62. The summed E-state index contributed by atoms with van der Waals surface area (Å²) >= 11 is 6.34. The smallest absolute Gasteiger partial charge is 0.317 e. The number of likely N-dealkylation sites (N-methyl/N-ethyl adjacent to an activating group) is 1. The molecule has 1 saturated heterocycles. The highest BCUT2D eigenvalue weighted by molar-refractivity contribution is 6.31. The third-order valence-corrected chi connectivity index (χ3v) is 5.52. The van der Waals surface area contributed by atoms with Crippen LogP contribution in [0.4, 0.5) is 4.79 Å². The molecular formula is C20H30ClN3O3. The number of urea groups is 1. The SMILES string of the molecule is CC(C)C(NC(=O)N1CCCC(N(C)CC(=O)O)CC1)c1ccccc1Cl. The number of benzene rings is 1. The molecule has 0 saturated carbocycles. The Morgan fingerprint density at radius 1 is 1.30 bits per heavy atom. The fourth-order valence-corrected chi connectivity index (χ4v) is 3.87. The first-order valence-corrected chi connectivity index (χ1v) is 9.89. The van der Waals surface area contributed by atoms with Crippen molar-refractivity contribution >= 4 is 23.6 Å². The van der Waals surface area contributed by atoms with E-state index in [0.29, 0.717) is 18.1 Å². The lowest BCUT2D eigenvalue weighted by molar-refractivity contribution is -0.138. The Labute approximate surface area is 166 Å². The number of rotatable bonds is 6. The molecule has 0 aliphatic carbocycles. The second kappa shape index (κ2) is 9.95. The monoisotopic (exact) mass is 395 g/mol. The molecule has 0 radical (unpaired) electrons. The highest BCUT2D eigenvalue weighted by atomic mass is 35.5. The third-order valence-electron chi connectivity index (χ3n) is 5.18. The maximum Gasteiger partial charge on any atom is 0.317 e. The summed E-state index contributed by atoms with van der Waals surface area (Å²) in [5.41, 5.74) is 0.927. The number of carboxylic acids is 1. The molecule has 2 rings (SSSR count). The van der Waals surface area contributed by atoms with Crippen LogP contribution in [0.3, 0.4) is 0 Å². The molecule has 2 atom stereocenters. The first-order valence-electron chi connectivity index (χ1n) is 9.51. The topological polar surface area (TPSA) is 72.9 Å². The molecule has 1 aliphatic heterocycles. The molecule has 1 aliphatic rings. The molecule has 2 amide bonds. The van der Waals surface area contributed by atoms with Gasteiger partial charge >= 0.3 is 12.0 Å². The predicted molar refractivity (Wildman–Crippen MR) is 107 cm³/mol. The Hall–Kier alpha value is -1.79. The van der Waals surface area contributed by atoms with Gasteiger partial charge in [-0.25, -0.2) is 4.79 Å². The van der Waals surface area contributed by atoms with Crippen LogP contribution in [0.2, 0.25) is 5.02 Å². The van der Waals surface area contributed by atoms with Gasteiger partial charge < -0.3 is 15.3 Å². The Balaban J connectivity index is 2.00. The van der Waals surface area contributed by atoms with Crippen LogP contribution in [0.15, 0.2) is 24.3 Å². The Kier molecular flexibility index (Phi) is 7.92. The first-order chi connectivity index (χ1) is 12.8. The van der Waals surface area contributed by atoms with E-state index >= 15 is 0 Å². The summed E-state index contributed by atoms with van der Waals surface area (Å²) < 4.78 is 0. The van der Waals surface area contributed by atoms with Gasteiger partial charge in [-0.3, -0.25) is 9.69 Å². The van der Waals surface area contributed by atoms with Gasteiger partial charge in [0, 0.05) is 24.2 Å². The molecule has 0 bridgehead atoms. The van der Waals surface area contributed by atoms with E-state index in [2.05, 4.69) is 19.2 Å². The molecule has 2 unspecified atom stereocenters. The number of carboxylic acid groups (broad SMARTS) is 1. The van der Waals surface area contributed by atoms with Crippen LogP contribution < -0.4 is 5.32 Å². The number of aliphatic carboxylic acids is 1. The van der Waals surface area contributed by atoms with E-state index in [0.717, 1.165) is 24.8 Å². The summed E-state index contributed by atoms with van der Waals surface area (Å²) in [5, 5.41) is 12.8. The minimum absolute atomic E-state index is 0.0266. The van der Waals surface area contributed by atoms with E-state index in [1.807, 2.05) is 41.1 Å². The van der Waals surface area contributed by atoms with Crippen molar-refractivity contribution in [3.63, 3.8) is 0 Å². The second-order valence-electron chi connectivity index (χ2n) is 7.57. The van der Waals surface area contributed by atoms with Crippen LogP contribution >= 0.6 is 11.6 Å². The molecule has 0 spiro atoms. The number of carbonyl (C=O) groups is 2. The minimum Gasteiger partial charge on any atom is -0.480 e. The number of nitrogens with one attached hydrogen (secondary N) is 1. The van der Waals surface area contributed by atoms with Gasteiger partial charge in [0.2, 0.25) is 0 Å². The molecule has 1 heterocycles. The van der Waals surface area contributed by atoms with Gasteiger partial charge in [-0.15, -0.1) is 0 Å². The molecule has 27 heavy (non-hydrogen) atoms. The van der Waals surface area contributed by atoms with Crippen molar-refractivity contribution in [3.05, 3.63) is 34.9 Å². The molecule has 6 nitrogen and oxygen atoms in total. The van der Waals surface area contributed by atoms with Gasteiger partial charge in [0.05, 0.1) is 12.6 Å². The number of amides is 2. The summed E-state index contributed by atoms with van der Waals surface area (Å²) in [6, 6.07) is 7.55. The van der Waals surface area contributed by atoms with Crippen LogP contribution in [0.5, 0.6) is 0 Å². The van der Waals surface area contributed by atoms with Crippen molar-refractivity contribution in [1.82, 2.24) is 15.1 Å². The van der Waals surface area contributed by atoms with Gasteiger partial charge in [0.25, 0.3) is 0 Å². The van der Waals surface area contributed by atoms with Gasteiger partial charge in [-0.2, -0.15) is 0 Å². The highest BCUT2D eigenvalue weighted by Gasteiger charge is 2.27.